The van der Waals surface area contributed by atoms with E-state index in [1.165, 1.54) is 6.08 Å². The Hall–Kier alpha value is -5.05. The third-order valence-corrected chi connectivity index (χ3v) is 5.65. The average Bonchev–Trinajstić information content (AvgIpc) is 2.91. The van der Waals surface area contributed by atoms with Gasteiger partial charge in [0.05, 0.1) is 17.7 Å². The van der Waals surface area contributed by atoms with Gasteiger partial charge in [-0.3, -0.25) is 4.98 Å². The summed E-state index contributed by atoms with van der Waals surface area (Å²) < 4.78 is 0. The third-order valence-electron chi connectivity index (χ3n) is 5.65. The Kier molecular flexibility index (Phi) is 8.18. The van der Waals surface area contributed by atoms with Gasteiger partial charge in [0, 0.05) is 54.7 Å². The monoisotopic (exact) mass is 486 g/mol. The van der Waals surface area contributed by atoms with Crippen LogP contribution < -0.4 is 16.0 Å². The minimum atomic E-state index is 0.437. The van der Waals surface area contributed by atoms with E-state index >= 15 is 0 Å². The van der Waals surface area contributed by atoms with Crippen LogP contribution in [0, 0.1) is 36.5 Å². The molecule has 0 aliphatic heterocycles. The molecular weight excluding hydrogens is 460 g/mol. The summed E-state index contributed by atoms with van der Waals surface area (Å²) in [6.45, 7) is 5.26. The maximum absolute atomic E-state index is 9.04. The topological polar surface area (TPSA) is 122 Å². The average molecular weight is 487 g/mol. The number of rotatable bonds is 9. The second kappa shape index (κ2) is 12.1. The minimum absolute atomic E-state index is 0.437. The van der Waals surface area contributed by atoms with Gasteiger partial charge in [0.15, 0.2) is 0 Å². The first-order valence-corrected chi connectivity index (χ1v) is 11.7. The van der Waals surface area contributed by atoms with Crippen molar-refractivity contribution in [3.05, 3.63) is 107 Å². The fourth-order valence-corrected chi connectivity index (χ4v) is 3.85. The van der Waals surface area contributed by atoms with Gasteiger partial charge in [0.2, 0.25) is 5.95 Å². The molecule has 0 amide bonds. The van der Waals surface area contributed by atoms with Crippen LogP contribution in [0.15, 0.2) is 73.2 Å². The van der Waals surface area contributed by atoms with E-state index in [2.05, 4.69) is 32.0 Å². The molecule has 2 heterocycles. The molecule has 4 aromatic rings. The molecule has 4 rings (SSSR count). The van der Waals surface area contributed by atoms with Gasteiger partial charge in [-0.2, -0.15) is 15.5 Å². The van der Waals surface area contributed by atoms with E-state index < -0.39 is 0 Å². The van der Waals surface area contributed by atoms with E-state index in [9.17, 15) is 0 Å². The molecular formula is C29H26N8. The zero-order chi connectivity index (χ0) is 26.0. The van der Waals surface area contributed by atoms with Gasteiger partial charge in [-0.1, -0.05) is 6.07 Å². The molecule has 37 heavy (non-hydrogen) atoms. The molecule has 2 aromatic carbocycles. The molecule has 0 aliphatic rings. The zero-order valence-corrected chi connectivity index (χ0v) is 20.7. The quantitative estimate of drug-likeness (QED) is 0.259. The first kappa shape index (κ1) is 25.1. The summed E-state index contributed by atoms with van der Waals surface area (Å²) in [7, 11) is 0. The van der Waals surface area contributed by atoms with Crippen molar-refractivity contribution in [3.63, 3.8) is 0 Å². The third kappa shape index (κ3) is 6.76. The maximum atomic E-state index is 9.04. The second-order valence-electron chi connectivity index (χ2n) is 8.46. The van der Waals surface area contributed by atoms with Crippen molar-refractivity contribution in [3.8, 4) is 12.1 Å². The molecule has 0 saturated heterocycles. The second-order valence-corrected chi connectivity index (χ2v) is 8.46. The van der Waals surface area contributed by atoms with E-state index in [0.29, 0.717) is 30.4 Å². The van der Waals surface area contributed by atoms with Crippen molar-refractivity contribution in [1.29, 1.82) is 10.5 Å². The summed E-state index contributed by atoms with van der Waals surface area (Å²) in [5.74, 6) is 1.11. The van der Waals surface area contributed by atoms with Gasteiger partial charge in [-0.05, 0) is 84.6 Å². The number of nitrogens with zero attached hydrogens (tertiary/aromatic N) is 5. The van der Waals surface area contributed by atoms with Crippen LogP contribution in [0.25, 0.3) is 6.08 Å². The van der Waals surface area contributed by atoms with E-state index in [-0.39, 0.29) is 0 Å². The van der Waals surface area contributed by atoms with Crippen molar-refractivity contribution in [1.82, 2.24) is 20.3 Å². The summed E-state index contributed by atoms with van der Waals surface area (Å²) in [6.07, 6.45) is 8.65. The van der Waals surface area contributed by atoms with E-state index in [4.69, 9.17) is 15.5 Å². The van der Waals surface area contributed by atoms with Crippen LogP contribution in [0.2, 0.25) is 0 Å². The van der Waals surface area contributed by atoms with Gasteiger partial charge in [0.25, 0.3) is 0 Å². The number of allylic oxidation sites excluding steroid dienone is 1. The van der Waals surface area contributed by atoms with Crippen molar-refractivity contribution < 1.29 is 0 Å². The number of nitrogens with one attached hydrogen (secondary N) is 3. The molecule has 8 nitrogen and oxygen atoms in total. The highest BCUT2D eigenvalue weighted by Gasteiger charge is 2.12. The highest BCUT2D eigenvalue weighted by molar-refractivity contribution is 5.70. The first-order valence-electron chi connectivity index (χ1n) is 11.7. The van der Waals surface area contributed by atoms with Gasteiger partial charge < -0.3 is 16.0 Å². The number of pyridine rings is 1. The molecule has 0 spiro atoms. The van der Waals surface area contributed by atoms with Crippen LogP contribution in [-0.4, -0.2) is 15.0 Å². The molecule has 8 heteroatoms. The van der Waals surface area contributed by atoms with E-state index in [1.807, 2.05) is 62.5 Å². The fraction of sp³-hybridized carbons (Fsp3) is 0.138. The molecule has 0 atom stereocenters. The zero-order valence-electron chi connectivity index (χ0n) is 20.7. The van der Waals surface area contributed by atoms with Crippen molar-refractivity contribution in [2.24, 2.45) is 0 Å². The summed E-state index contributed by atoms with van der Waals surface area (Å²) in [4.78, 5) is 13.5. The lowest BCUT2D eigenvalue weighted by Gasteiger charge is -2.17. The molecule has 0 saturated carbocycles. The fourth-order valence-electron chi connectivity index (χ4n) is 3.85. The summed E-state index contributed by atoms with van der Waals surface area (Å²) in [6, 6.07) is 19.3. The Balaban J connectivity index is 1.61. The van der Waals surface area contributed by atoms with Crippen molar-refractivity contribution in [2.45, 2.75) is 26.9 Å². The lowest BCUT2D eigenvalue weighted by atomic mass is 10.0. The molecule has 0 bridgehead atoms. The van der Waals surface area contributed by atoms with Crippen LogP contribution >= 0.6 is 0 Å². The number of benzene rings is 2. The number of anilines is 4. The van der Waals surface area contributed by atoms with E-state index in [1.54, 1.807) is 30.6 Å². The molecule has 3 N–H and O–H groups in total. The lowest BCUT2D eigenvalue weighted by molar-refractivity contribution is 0.688. The largest absolute Gasteiger partial charge is 0.339 e. The number of aryl methyl sites for hydroxylation is 2. The number of nitriles is 2. The van der Waals surface area contributed by atoms with Gasteiger partial charge in [0.1, 0.15) is 5.82 Å². The normalized spacial score (nSPS) is 10.6. The van der Waals surface area contributed by atoms with Crippen LogP contribution in [0.1, 0.15) is 33.4 Å². The van der Waals surface area contributed by atoms with Gasteiger partial charge in [-0.15, -0.1) is 0 Å². The molecule has 0 unspecified atom stereocenters. The highest BCUT2D eigenvalue weighted by atomic mass is 15.1. The van der Waals surface area contributed by atoms with Crippen molar-refractivity contribution >= 4 is 29.2 Å². The SMILES string of the molecule is Cc1cc(/C=C/C#N)cc(C)c1Nc1nc(Nc2ccc(C#N)cc2)ncc1CNCc1cccnc1. The van der Waals surface area contributed by atoms with Crippen molar-refractivity contribution in [2.75, 3.05) is 10.6 Å². The Morgan fingerprint density at radius 2 is 1.73 bits per heavy atom. The van der Waals surface area contributed by atoms with Crippen LogP contribution in [0.5, 0.6) is 0 Å². The molecule has 0 fully saturated rings. The highest BCUT2D eigenvalue weighted by Crippen LogP contribution is 2.28. The summed E-state index contributed by atoms with van der Waals surface area (Å²) >= 11 is 0. The Morgan fingerprint density at radius 3 is 2.41 bits per heavy atom. The predicted octanol–water partition coefficient (Wildman–Crippen LogP) is 5.67. The number of hydrogen-bond donors (Lipinski definition) is 3. The summed E-state index contributed by atoms with van der Waals surface area (Å²) in [5, 5.41) is 28.1. The number of aromatic nitrogens is 3. The Morgan fingerprint density at radius 1 is 0.946 bits per heavy atom. The van der Waals surface area contributed by atoms with Gasteiger partial charge >= 0.3 is 0 Å². The maximum Gasteiger partial charge on any atom is 0.229 e. The Labute approximate surface area is 216 Å². The molecule has 2 aromatic heterocycles. The van der Waals surface area contributed by atoms with Gasteiger partial charge in [-0.25, -0.2) is 4.98 Å². The van der Waals surface area contributed by atoms with Crippen LogP contribution in [0.3, 0.4) is 0 Å². The lowest BCUT2D eigenvalue weighted by Crippen LogP contribution is -2.15. The Bertz CT molecular complexity index is 1460. The summed E-state index contributed by atoms with van der Waals surface area (Å²) in [5.41, 5.74) is 7.35. The standard InChI is InChI=1S/C29H26N8/c1-20-13-23(5-3-11-30)14-21(2)27(20)36-28-25(18-33-17-24-6-4-12-32-16-24)19-34-29(37-28)35-26-9-7-22(15-31)8-10-26/h3-10,12-14,16,19,33H,17-18H2,1-2H3,(H2,34,35,36,37)/b5-3+. The molecule has 0 aliphatic carbocycles. The van der Waals surface area contributed by atoms with E-state index in [0.717, 1.165) is 39.2 Å². The first-order chi connectivity index (χ1) is 18.1. The number of hydrogen-bond acceptors (Lipinski definition) is 8. The smallest absolute Gasteiger partial charge is 0.229 e. The molecule has 182 valence electrons. The minimum Gasteiger partial charge on any atom is -0.339 e. The molecule has 0 radical (unpaired) electrons. The predicted molar refractivity (Wildman–Crippen MR) is 145 cm³/mol. The van der Waals surface area contributed by atoms with Crippen LogP contribution in [0.4, 0.5) is 23.1 Å². The van der Waals surface area contributed by atoms with Crippen LogP contribution in [-0.2, 0) is 13.1 Å².